The third-order valence-electron chi connectivity index (χ3n) is 5.19. The average molecular weight is 502 g/mol. The Morgan fingerprint density at radius 3 is 2.09 bits per heavy atom. The quantitative estimate of drug-likeness (QED) is 0.354. The number of carbonyl (C=O) groups is 3. The second-order valence-corrected chi connectivity index (χ2v) is 12.8. The van der Waals surface area contributed by atoms with E-state index < -0.39 is 20.4 Å². The molecule has 1 aromatic carbocycles. The number of anilines is 2. The lowest BCUT2D eigenvalue weighted by atomic mass is 9.85. The predicted molar refractivity (Wildman–Crippen MR) is 139 cm³/mol. The SMILES string of the molecule is COC(=O)c1c(NC(=O)C(C)(C)C)ccc(-c2ccoc2C(O[Si](C)C)C(C)(C)C)c1NC(C)=O. The van der Waals surface area contributed by atoms with E-state index in [0.717, 1.165) is 0 Å². The molecule has 8 nitrogen and oxygen atoms in total. The zero-order valence-electron chi connectivity index (χ0n) is 22.3. The Balaban J connectivity index is 2.82. The van der Waals surface area contributed by atoms with E-state index >= 15 is 0 Å². The number of amides is 2. The maximum Gasteiger partial charge on any atom is 0.342 e. The molecule has 2 aromatic rings. The normalized spacial score (nSPS) is 12.9. The summed E-state index contributed by atoms with van der Waals surface area (Å²) in [6.45, 7) is 17.0. The van der Waals surface area contributed by atoms with E-state index in [9.17, 15) is 14.4 Å². The molecule has 1 heterocycles. The largest absolute Gasteiger partial charge is 0.466 e. The Hall–Kier alpha value is -2.91. The summed E-state index contributed by atoms with van der Waals surface area (Å²) in [6, 6.07) is 5.16. The number of hydrogen-bond donors (Lipinski definition) is 2. The van der Waals surface area contributed by atoms with Crippen LogP contribution in [-0.2, 0) is 18.8 Å². The highest BCUT2D eigenvalue weighted by molar-refractivity contribution is 6.48. The fourth-order valence-electron chi connectivity index (χ4n) is 3.47. The summed E-state index contributed by atoms with van der Waals surface area (Å²) in [6.07, 6.45) is 1.21. The van der Waals surface area contributed by atoms with Crippen molar-refractivity contribution in [2.45, 2.75) is 67.7 Å². The number of ether oxygens (including phenoxy) is 1. The number of furan rings is 1. The van der Waals surface area contributed by atoms with Gasteiger partial charge in [0.2, 0.25) is 20.9 Å². The monoisotopic (exact) mass is 501 g/mol. The Morgan fingerprint density at radius 2 is 1.60 bits per heavy atom. The molecule has 35 heavy (non-hydrogen) atoms. The Morgan fingerprint density at radius 1 is 0.971 bits per heavy atom. The third-order valence-corrected chi connectivity index (χ3v) is 5.90. The van der Waals surface area contributed by atoms with E-state index in [-0.39, 0.29) is 40.3 Å². The second kappa shape index (κ2) is 10.8. The van der Waals surface area contributed by atoms with Crippen LogP contribution in [0, 0.1) is 10.8 Å². The van der Waals surface area contributed by atoms with Crippen molar-refractivity contribution in [1.29, 1.82) is 0 Å². The smallest absolute Gasteiger partial charge is 0.342 e. The molecule has 2 rings (SSSR count). The number of hydrogen-bond acceptors (Lipinski definition) is 6. The lowest BCUT2D eigenvalue weighted by Gasteiger charge is -2.32. The molecule has 1 aromatic heterocycles. The molecule has 191 valence electrons. The Bertz CT molecular complexity index is 1090. The van der Waals surface area contributed by atoms with Gasteiger partial charge in [-0.2, -0.15) is 0 Å². The van der Waals surface area contributed by atoms with Gasteiger partial charge in [-0.3, -0.25) is 9.59 Å². The number of carbonyl (C=O) groups excluding carboxylic acids is 3. The molecular formula is C26H37N2O6Si. The first-order valence-electron chi connectivity index (χ1n) is 11.5. The molecule has 0 aliphatic heterocycles. The number of nitrogens with one attached hydrogen (secondary N) is 2. The van der Waals surface area contributed by atoms with Crippen molar-refractivity contribution in [2.75, 3.05) is 17.7 Å². The van der Waals surface area contributed by atoms with Crippen molar-refractivity contribution in [1.82, 2.24) is 0 Å². The number of methoxy groups -OCH3 is 1. The molecule has 1 atom stereocenters. The van der Waals surface area contributed by atoms with E-state index in [1.54, 1.807) is 45.2 Å². The molecule has 0 aliphatic rings. The molecule has 2 amide bonds. The lowest BCUT2D eigenvalue weighted by molar-refractivity contribution is -0.123. The summed E-state index contributed by atoms with van der Waals surface area (Å²) >= 11 is 0. The third kappa shape index (κ3) is 6.82. The van der Waals surface area contributed by atoms with Crippen molar-refractivity contribution in [3.8, 4) is 11.1 Å². The summed E-state index contributed by atoms with van der Waals surface area (Å²) < 4.78 is 17.3. The van der Waals surface area contributed by atoms with Crippen LogP contribution in [0.15, 0.2) is 28.9 Å². The van der Waals surface area contributed by atoms with Gasteiger partial charge in [0, 0.05) is 23.5 Å². The van der Waals surface area contributed by atoms with Crippen molar-refractivity contribution in [3.63, 3.8) is 0 Å². The second-order valence-electron chi connectivity index (χ2n) is 10.8. The first-order valence-corrected chi connectivity index (χ1v) is 13.9. The molecule has 0 saturated heterocycles. The number of benzene rings is 1. The van der Waals surface area contributed by atoms with Gasteiger partial charge in [0.15, 0.2) is 0 Å². The van der Waals surface area contributed by atoms with E-state index in [1.165, 1.54) is 14.0 Å². The zero-order valence-corrected chi connectivity index (χ0v) is 23.3. The van der Waals surface area contributed by atoms with Gasteiger partial charge in [0.1, 0.15) is 17.4 Å². The molecule has 1 radical (unpaired) electrons. The Labute approximate surface area is 209 Å². The minimum absolute atomic E-state index is 0.0499. The highest BCUT2D eigenvalue weighted by atomic mass is 28.3. The van der Waals surface area contributed by atoms with Gasteiger partial charge in [-0.1, -0.05) is 47.6 Å². The molecule has 0 aliphatic carbocycles. The standard InChI is InChI=1S/C26H37N2O6Si/c1-15(29)27-20-16(17-13-14-33-21(17)22(25(2,3)4)34-35(9)10)11-12-18(19(20)23(30)32-8)28-24(31)26(5,6)7/h11-14,22H,1-10H3,(H,27,29)(H,28,31). The minimum Gasteiger partial charge on any atom is -0.466 e. The van der Waals surface area contributed by atoms with Crippen LogP contribution in [0.5, 0.6) is 0 Å². The first kappa shape index (κ1) is 28.3. The molecule has 0 saturated carbocycles. The summed E-state index contributed by atoms with van der Waals surface area (Å²) in [5.74, 6) is -0.759. The van der Waals surface area contributed by atoms with Gasteiger partial charge in [-0.15, -0.1) is 0 Å². The van der Waals surface area contributed by atoms with Crippen molar-refractivity contribution in [3.05, 3.63) is 35.8 Å². The van der Waals surface area contributed by atoms with Crippen LogP contribution >= 0.6 is 0 Å². The molecule has 1 unspecified atom stereocenters. The van der Waals surface area contributed by atoms with Crippen molar-refractivity contribution >= 4 is 38.2 Å². The van der Waals surface area contributed by atoms with Gasteiger partial charge < -0.3 is 24.2 Å². The zero-order chi connectivity index (χ0) is 26.7. The van der Waals surface area contributed by atoms with Gasteiger partial charge in [0.25, 0.3) is 0 Å². The van der Waals surface area contributed by atoms with Gasteiger partial charge in [-0.05, 0) is 30.6 Å². The Kier molecular flexibility index (Phi) is 8.73. The van der Waals surface area contributed by atoms with Crippen LogP contribution in [0.2, 0.25) is 13.1 Å². The topological polar surface area (TPSA) is 107 Å². The summed E-state index contributed by atoms with van der Waals surface area (Å²) in [7, 11) is 0.173. The fraction of sp³-hybridized carbons (Fsp3) is 0.500. The maximum atomic E-state index is 12.9. The molecular weight excluding hydrogens is 464 g/mol. The van der Waals surface area contributed by atoms with Crippen LogP contribution in [0.3, 0.4) is 0 Å². The minimum atomic E-state index is -1.08. The van der Waals surface area contributed by atoms with E-state index in [4.69, 9.17) is 13.6 Å². The van der Waals surface area contributed by atoms with Crippen LogP contribution in [0.25, 0.3) is 11.1 Å². The highest BCUT2D eigenvalue weighted by Gasteiger charge is 2.34. The molecule has 0 bridgehead atoms. The summed E-state index contributed by atoms with van der Waals surface area (Å²) in [5.41, 5.74) is 0.765. The molecule has 0 fully saturated rings. The lowest BCUT2D eigenvalue weighted by Crippen LogP contribution is -2.29. The molecule has 0 spiro atoms. The average Bonchev–Trinajstić information content (AvgIpc) is 3.18. The van der Waals surface area contributed by atoms with Crippen molar-refractivity contribution < 1.29 is 28.0 Å². The molecule has 2 N–H and O–H groups in total. The fourth-order valence-corrected chi connectivity index (χ4v) is 4.40. The molecule has 9 heteroatoms. The van der Waals surface area contributed by atoms with E-state index in [2.05, 4.69) is 44.5 Å². The first-order chi connectivity index (χ1) is 16.1. The highest BCUT2D eigenvalue weighted by Crippen LogP contribution is 2.45. The van der Waals surface area contributed by atoms with Gasteiger partial charge >= 0.3 is 5.97 Å². The van der Waals surface area contributed by atoms with Crippen LogP contribution in [-0.4, -0.2) is 33.9 Å². The van der Waals surface area contributed by atoms with E-state index in [1.807, 2.05) is 0 Å². The van der Waals surface area contributed by atoms with Gasteiger partial charge in [0.05, 0.1) is 24.7 Å². The predicted octanol–water partition coefficient (Wildman–Crippen LogP) is 6.03. The summed E-state index contributed by atoms with van der Waals surface area (Å²) in [4.78, 5) is 37.9. The summed E-state index contributed by atoms with van der Waals surface area (Å²) in [5, 5.41) is 5.58. The van der Waals surface area contributed by atoms with Gasteiger partial charge in [-0.25, -0.2) is 4.79 Å². The van der Waals surface area contributed by atoms with Crippen LogP contribution in [0.1, 0.15) is 70.7 Å². The maximum absolute atomic E-state index is 12.9. The number of esters is 1. The van der Waals surface area contributed by atoms with Crippen LogP contribution in [0.4, 0.5) is 11.4 Å². The van der Waals surface area contributed by atoms with Crippen LogP contribution < -0.4 is 10.6 Å². The number of rotatable bonds is 7. The van der Waals surface area contributed by atoms with Crippen molar-refractivity contribution in [2.24, 2.45) is 10.8 Å². The van der Waals surface area contributed by atoms with E-state index in [0.29, 0.717) is 16.9 Å².